The fourth-order valence-corrected chi connectivity index (χ4v) is 4.43. The second-order valence-corrected chi connectivity index (χ2v) is 8.58. The van der Waals surface area contributed by atoms with Crippen molar-refractivity contribution in [1.82, 2.24) is 9.88 Å². The van der Waals surface area contributed by atoms with Crippen LogP contribution in [0.1, 0.15) is 28.1 Å². The van der Waals surface area contributed by atoms with Crippen molar-refractivity contribution in [3.8, 4) is 5.69 Å². The van der Waals surface area contributed by atoms with Gasteiger partial charge in [0.1, 0.15) is 5.57 Å². The van der Waals surface area contributed by atoms with Crippen LogP contribution >= 0.6 is 23.8 Å². The molecule has 2 heterocycles. The van der Waals surface area contributed by atoms with Gasteiger partial charge < -0.3 is 4.57 Å². The maximum atomic E-state index is 13.4. The second kappa shape index (κ2) is 8.37. The van der Waals surface area contributed by atoms with Crippen molar-refractivity contribution in [3.05, 3.63) is 87.2 Å². The topological polar surface area (TPSA) is 54.3 Å². The van der Waals surface area contributed by atoms with Crippen molar-refractivity contribution in [3.63, 3.8) is 0 Å². The third-order valence-electron chi connectivity index (χ3n) is 5.71. The number of thiocarbonyl (C=S) groups is 1. The number of aryl methyl sites for hydroxylation is 2. The number of hydrogen-bond donors (Lipinski definition) is 1. The lowest BCUT2D eigenvalue weighted by atomic mass is 10.1. The number of anilines is 1. The number of para-hydroxylation sites is 1. The first kappa shape index (κ1) is 22.0. The van der Waals surface area contributed by atoms with Gasteiger partial charge in [0.2, 0.25) is 0 Å². The molecule has 7 heteroatoms. The van der Waals surface area contributed by atoms with Crippen LogP contribution in [0.5, 0.6) is 0 Å². The maximum Gasteiger partial charge on any atom is 0.270 e. The molecule has 0 saturated carbocycles. The lowest BCUT2D eigenvalue weighted by Crippen LogP contribution is -2.54. The summed E-state index contributed by atoms with van der Waals surface area (Å²) < 4.78 is 2.07. The smallest absolute Gasteiger partial charge is 0.270 e. The molecule has 162 valence electrons. The Morgan fingerprint density at radius 2 is 1.66 bits per heavy atom. The number of nitrogens with one attached hydrogen (secondary N) is 1. The summed E-state index contributed by atoms with van der Waals surface area (Å²) >= 11 is 11.6. The Morgan fingerprint density at radius 3 is 2.38 bits per heavy atom. The maximum absolute atomic E-state index is 13.4. The van der Waals surface area contributed by atoms with Gasteiger partial charge in [-0.3, -0.25) is 19.8 Å². The largest absolute Gasteiger partial charge is 0.318 e. The molecule has 2 amide bonds. The van der Waals surface area contributed by atoms with Gasteiger partial charge in [-0.25, -0.2) is 0 Å². The summed E-state index contributed by atoms with van der Waals surface area (Å²) in [5.74, 6) is -0.953. The van der Waals surface area contributed by atoms with Crippen LogP contribution in [-0.2, 0) is 9.59 Å². The number of halogens is 1. The van der Waals surface area contributed by atoms with E-state index < -0.39 is 11.8 Å². The van der Waals surface area contributed by atoms with Crippen molar-refractivity contribution >= 4 is 52.5 Å². The highest BCUT2D eigenvalue weighted by molar-refractivity contribution is 7.80. The fourth-order valence-electron chi connectivity index (χ4n) is 3.99. The van der Waals surface area contributed by atoms with Gasteiger partial charge in [0, 0.05) is 22.1 Å². The van der Waals surface area contributed by atoms with Crippen molar-refractivity contribution in [1.29, 1.82) is 0 Å². The second-order valence-electron chi connectivity index (χ2n) is 7.79. The molecule has 0 bridgehead atoms. The van der Waals surface area contributed by atoms with E-state index in [9.17, 15) is 9.59 Å². The lowest BCUT2D eigenvalue weighted by Gasteiger charge is -2.30. The highest BCUT2D eigenvalue weighted by Gasteiger charge is 2.35. The lowest BCUT2D eigenvalue weighted by molar-refractivity contribution is -0.122. The molecular weight excluding hydrogens is 442 g/mol. The third-order valence-corrected chi connectivity index (χ3v) is 6.40. The van der Waals surface area contributed by atoms with Crippen LogP contribution in [0.25, 0.3) is 11.8 Å². The highest BCUT2D eigenvalue weighted by atomic mass is 35.5. The monoisotopic (exact) mass is 463 g/mol. The Labute approximate surface area is 197 Å². The molecule has 2 aromatic carbocycles. The van der Waals surface area contributed by atoms with Gasteiger partial charge in [-0.05, 0) is 86.9 Å². The first-order chi connectivity index (χ1) is 15.2. The van der Waals surface area contributed by atoms with E-state index in [0.717, 1.165) is 33.8 Å². The number of carbonyl (C=O) groups excluding carboxylic acids is 2. The zero-order valence-electron chi connectivity index (χ0n) is 18.2. The minimum Gasteiger partial charge on any atom is -0.318 e. The number of carbonyl (C=O) groups is 2. The van der Waals surface area contributed by atoms with Crippen LogP contribution in [0, 0.1) is 27.7 Å². The molecule has 5 nitrogen and oxygen atoms in total. The predicted molar refractivity (Wildman–Crippen MR) is 132 cm³/mol. The van der Waals surface area contributed by atoms with Gasteiger partial charge in [0.15, 0.2) is 5.11 Å². The van der Waals surface area contributed by atoms with Crippen LogP contribution in [0.15, 0.2) is 54.1 Å². The molecule has 4 rings (SSSR count). The van der Waals surface area contributed by atoms with E-state index in [2.05, 4.69) is 9.88 Å². The van der Waals surface area contributed by atoms with Crippen molar-refractivity contribution in [2.75, 3.05) is 4.90 Å². The molecule has 0 atom stereocenters. The van der Waals surface area contributed by atoms with Crippen LogP contribution in [0.4, 0.5) is 5.69 Å². The average Bonchev–Trinajstić information content (AvgIpc) is 3.01. The van der Waals surface area contributed by atoms with Crippen LogP contribution < -0.4 is 10.2 Å². The Bertz CT molecular complexity index is 1320. The molecule has 1 aliphatic rings. The minimum absolute atomic E-state index is 0.0323. The molecule has 0 aliphatic carbocycles. The molecule has 0 spiro atoms. The molecule has 1 fully saturated rings. The Kier molecular flexibility index (Phi) is 5.75. The standard InChI is InChI=1S/C25H22ClN3O2S/c1-14-8-5-6-10-21(14)29-24(31)19(23(30)27-25(29)32)13-18-12-15(2)28(17(18)4)22-11-7-9-20(26)16(22)3/h5-13H,1-4H3,(H,27,30,32)/b19-13+. The first-order valence-corrected chi connectivity index (χ1v) is 10.9. The van der Waals surface area contributed by atoms with E-state index >= 15 is 0 Å². The quantitative estimate of drug-likeness (QED) is 0.330. The minimum atomic E-state index is -0.506. The zero-order chi connectivity index (χ0) is 23.2. The molecule has 1 aromatic heterocycles. The van der Waals surface area contributed by atoms with E-state index in [1.165, 1.54) is 4.90 Å². The molecule has 3 aromatic rings. The molecule has 1 aliphatic heterocycles. The average molecular weight is 464 g/mol. The molecule has 0 radical (unpaired) electrons. The van der Waals surface area contributed by atoms with E-state index in [0.29, 0.717) is 10.7 Å². The first-order valence-electron chi connectivity index (χ1n) is 10.1. The summed E-state index contributed by atoms with van der Waals surface area (Å²) in [6.45, 7) is 7.79. The molecule has 1 saturated heterocycles. The van der Waals surface area contributed by atoms with E-state index in [4.69, 9.17) is 23.8 Å². The number of hydrogen-bond acceptors (Lipinski definition) is 3. The van der Waals surface area contributed by atoms with Gasteiger partial charge in [-0.2, -0.15) is 0 Å². The number of amides is 2. The molecule has 32 heavy (non-hydrogen) atoms. The summed E-state index contributed by atoms with van der Waals surface area (Å²) in [4.78, 5) is 27.4. The highest BCUT2D eigenvalue weighted by Crippen LogP contribution is 2.30. The summed E-state index contributed by atoms with van der Waals surface area (Å²) in [7, 11) is 0. The Balaban J connectivity index is 1.81. The van der Waals surface area contributed by atoms with Gasteiger partial charge in [-0.1, -0.05) is 35.9 Å². The Morgan fingerprint density at radius 1 is 0.969 bits per heavy atom. The normalized spacial score (nSPS) is 15.5. The summed E-state index contributed by atoms with van der Waals surface area (Å²) in [5, 5.41) is 3.41. The van der Waals surface area contributed by atoms with E-state index in [-0.39, 0.29) is 10.7 Å². The number of benzene rings is 2. The van der Waals surface area contributed by atoms with Crippen LogP contribution in [0.3, 0.4) is 0 Å². The van der Waals surface area contributed by atoms with Gasteiger partial charge >= 0.3 is 0 Å². The zero-order valence-corrected chi connectivity index (χ0v) is 19.8. The Hall–Kier alpha value is -3.22. The fraction of sp³-hybridized carbons (Fsp3) is 0.160. The number of nitrogens with zero attached hydrogens (tertiary/aromatic N) is 2. The number of aromatic nitrogens is 1. The van der Waals surface area contributed by atoms with Crippen LogP contribution in [0.2, 0.25) is 5.02 Å². The summed E-state index contributed by atoms with van der Waals surface area (Å²) in [6.07, 6.45) is 1.63. The van der Waals surface area contributed by atoms with Gasteiger partial charge in [0.25, 0.3) is 11.8 Å². The predicted octanol–water partition coefficient (Wildman–Crippen LogP) is 5.20. The molecule has 0 unspecified atom stereocenters. The molecule has 1 N–H and O–H groups in total. The van der Waals surface area contributed by atoms with Crippen LogP contribution in [-0.4, -0.2) is 21.5 Å². The summed E-state index contributed by atoms with van der Waals surface area (Å²) in [6, 6.07) is 15.1. The third kappa shape index (κ3) is 3.66. The SMILES string of the molecule is Cc1ccccc1N1C(=O)/C(=C/c2cc(C)n(-c3cccc(Cl)c3C)c2C)C(=O)NC1=S. The van der Waals surface area contributed by atoms with Crippen molar-refractivity contribution in [2.24, 2.45) is 0 Å². The van der Waals surface area contributed by atoms with Crippen molar-refractivity contribution in [2.45, 2.75) is 27.7 Å². The van der Waals surface area contributed by atoms with Crippen molar-refractivity contribution < 1.29 is 9.59 Å². The van der Waals surface area contributed by atoms with E-state index in [1.54, 1.807) is 6.08 Å². The van der Waals surface area contributed by atoms with E-state index in [1.807, 2.05) is 76.2 Å². The molecular formula is C25H22ClN3O2S. The van der Waals surface area contributed by atoms with Gasteiger partial charge in [-0.15, -0.1) is 0 Å². The van der Waals surface area contributed by atoms with Gasteiger partial charge in [0.05, 0.1) is 5.69 Å². The summed E-state index contributed by atoms with van der Waals surface area (Å²) in [5.41, 5.74) is 6.12. The number of rotatable bonds is 3.